The minimum Gasteiger partial charge on any atom is -0.364 e. The molecule has 0 aliphatic rings. The number of nitrogens with zero attached hydrogens (tertiary/aromatic N) is 3. The minimum absolute atomic E-state index is 0.0736. The van der Waals surface area contributed by atoms with E-state index in [4.69, 9.17) is 10.9 Å². The first kappa shape index (κ1) is 22.8. The Morgan fingerprint density at radius 3 is 2.55 bits per heavy atom. The number of aromatic nitrogens is 3. The summed E-state index contributed by atoms with van der Waals surface area (Å²) >= 11 is 3.49. The van der Waals surface area contributed by atoms with Crippen molar-refractivity contribution in [3.05, 3.63) is 76.0 Å². The molecule has 168 valence electrons. The first-order chi connectivity index (χ1) is 15.6. The number of aryl methyl sites for hydroxylation is 1. The molecular formula is C22H19BrN6O3S. The molecule has 4 aromatic rings. The molecule has 0 saturated heterocycles. The van der Waals surface area contributed by atoms with Gasteiger partial charge in [-0.15, -0.1) is 0 Å². The average molecular weight is 527 g/mol. The van der Waals surface area contributed by atoms with Gasteiger partial charge in [0.25, 0.3) is 5.91 Å². The second-order valence-electron chi connectivity index (χ2n) is 7.37. The van der Waals surface area contributed by atoms with E-state index >= 15 is 0 Å². The van der Waals surface area contributed by atoms with Gasteiger partial charge in [-0.2, -0.15) is 4.98 Å². The van der Waals surface area contributed by atoms with Crippen LogP contribution in [0.4, 0.5) is 11.6 Å². The van der Waals surface area contributed by atoms with Crippen LogP contribution in [0.5, 0.6) is 0 Å². The molecule has 1 amide bonds. The van der Waals surface area contributed by atoms with Crippen LogP contribution in [-0.2, 0) is 15.8 Å². The number of nitrogens with one attached hydrogen (secondary N) is 1. The van der Waals surface area contributed by atoms with Gasteiger partial charge in [0.15, 0.2) is 5.65 Å². The number of anilines is 2. The molecule has 0 aliphatic heterocycles. The van der Waals surface area contributed by atoms with Crippen LogP contribution < -0.4 is 16.2 Å². The zero-order valence-corrected chi connectivity index (χ0v) is 19.8. The first-order valence-electron chi connectivity index (χ1n) is 9.71. The zero-order chi connectivity index (χ0) is 23.8. The van der Waals surface area contributed by atoms with E-state index in [1.165, 1.54) is 0 Å². The van der Waals surface area contributed by atoms with Crippen molar-refractivity contribution in [2.45, 2.75) is 12.7 Å². The van der Waals surface area contributed by atoms with Crippen molar-refractivity contribution in [3.63, 3.8) is 0 Å². The van der Waals surface area contributed by atoms with E-state index in [9.17, 15) is 13.2 Å². The molecular weight excluding hydrogens is 508 g/mol. The lowest BCUT2D eigenvalue weighted by Gasteiger charge is -2.14. The number of primary sulfonamides is 1. The molecule has 11 heteroatoms. The van der Waals surface area contributed by atoms with E-state index in [0.29, 0.717) is 22.2 Å². The van der Waals surface area contributed by atoms with Crippen LogP contribution in [0, 0.1) is 6.92 Å². The molecule has 2 aromatic heterocycles. The third-order valence-corrected chi connectivity index (χ3v) is 6.35. The molecule has 2 heterocycles. The van der Waals surface area contributed by atoms with E-state index in [1.54, 1.807) is 37.4 Å². The molecule has 5 N–H and O–H groups in total. The van der Waals surface area contributed by atoms with Crippen LogP contribution >= 0.6 is 15.9 Å². The van der Waals surface area contributed by atoms with E-state index in [-0.39, 0.29) is 23.0 Å². The fourth-order valence-corrected chi connectivity index (χ4v) is 4.71. The highest BCUT2D eigenvalue weighted by molar-refractivity contribution is 9.10. The van der Waals surface area contributed by atoms with Gasteiger partial charge in [-0.3, -0.25) is 4.79 Å². The number of carbonyl (C=O) groups excluding carboxylic acids is 1. The molecule has 0 bridgehead atoms. The lowest BCUT2D eigenvalue weighted by Crippen LogP contribution is -2.16. The van der Waals surface area contributed by atoms with Crippen molar-refractivity contribution in [1.29, 1.82) is 0 Å². The highest BCUT2D eigenvalue weighted by Crippen LogP contribution is 2.32. The number of amides is 1. The van der Waals surface area contributed by atoms with Gasteiger partial charge in [-0.1, -0.05) is 46.3 Å². The molecule has 0 atom stereocenters. The van der Waals surface area contributed by atoms with E-state index in [1.807, 2.05) is 24.3 Å². The van der Waals surface area contributed by atoms with Crippen molar-refractivity contribution >= 4 is 54.5 Å². The highest BCUT2D eigenvalue weighted by atomic mass is 79.9. The Kier molecular flexibility index (Phi) is 6.11. The summed E-state index contributed by atoms with van der Waals surface area (Å²) in [5, 5.41) is 8.88. The Bertz CT molecular complexity index is 1510. The van der Waals surface area contributed by atoms with Gasteiger partial charge in [0, 0.05) is 27.3 Å². The number of fused-ring (bicyclic) bond motifs is 1. The van der Waals surface area contributed by atoms with Crippen LogP contribution in [0.3, 0.4) is 0 Å². The number of nitrogens with two attached hydrogens (primary N) is 2. The maximum Gasteiger partial charge on any atom is 0.268 e. The Morgan fingerprint density at radius 1 is 1.09 bits per heavy atom. The first-order valence-corrected chi connectivity index (χ1v) is 12.2. The second-order valence-corrected chi connectivity index (χ2v) is 9.84. The molecule has 0 aliphatic carbocycles. The van der Waals surface area contributed by atoms with Crippen LogP contribution in [0.15, 0.2) is 59.2 Å². The normalized spacial score (nSPS) is 11.5. The van der Waals surface area contributed by atoms with Gasteiger partial charge in [-0.25, -0.2) is 23.5 Å². The smallest absolute Gasteiger partial charge is 0.268 e. The average Bonchev–Trinajstić information content (AvgIpc) is 2.75. The van der Waals surface area contributed by atoms with Crippen LogP contribution in [0.25, 0.3) is 22.2 Å². The van der Waals surface area contributed by atoms with Crippen molar-refractivity contribution in [2.75, 3.05) is 5.32 Å². The number of sulfonamides is 1. The molecule has 0 radical (unpaired) electrons. The standard InChI is InChI=1S/C22H19BrN6O3S/c1-12-5-4-8-18(16(12)11-33(25,31)32)27-22-26-10-13-9-15(14-6-2-3-7-17(14)23)19(20(24)30)28-21(13)29-22/h2-10H,11H2,1H3,(H2,24,30)(H2,25,31,32)(H,26,27,28,29). The Hall–Kier alpha value is -3.41. The van der Waals surface area contributed by atoms with E-state index in [2.05, 4.69) is 36.2 Å². The largest absolute Gasteiger partial charge is 0.364 e. The number of rotatable bonds is 6. The van der Waals surface area contributed by atoms with Gasteiger partial charge < -0.3 is 11.1 Å². The number of pyridine rings is 1. The Labute approximate surface area is 198 Å². The fourth-order valence-electron chi connectivity index (χ4n) is 3.43. The maximum absolute atomic E-state index is 12.2. The predicted molar refractivity (Wildman–Crippen MR) is 130 cm³/mol. The lowest BCUT2D eigenvalue weighted by molar-refractivity contribution is 0.0996. The van der Waals surface area contributed by atoms with Crippen LogP contribution in [-0.4, -0.2) is 29.3 Å². The lowest BCUT2D eigenvalue weighted by atomic mass is 10.0. The van der Waals surface area contributed by atoms with Gasteiger partial charge in [0.05, 0.1) is 5.75 Å². The summed E-state index contributed by atoms with van der Waals surface area (Å²) in [6.45, 7) is 1.79. The molecule has 2 aromatic carbocycles. The number of primary amides is 1. The number of benzene rings is 2. The quantitative estimate of drug-likeness (QED) is 0.347. The fraction of sp³-hybridized carbons (Fsp3) is 0.0909. The molecule has 0 unspecified atom stereocenters. The number of carbonyl (C=O) groups is 1. The van der Waals surface area contributed by atoms with Gasteiger partial charge >= 0.3 is 0 Å². The molecule has 0 saturated carbocycles. The van der Waals surface area contributed by atoms with Crippen molar-refractivity contribution in [1.82, 2.24) is 15.0 Å². The summed E-state index contributed by atoms with van der Waals surface area (Å²) in [7, 11) is -3.75. The SMILES string of the molecule is Cc1cccc(Nc2ncc3cc(-c4ccccc4Br)c(C(N)=O)nc3n2)c1CS(N)(=O)=O. The Balaban J connectivity index is 1.79. The van der Waals surface area contributed by atoms with Crippen molar-refractivity contribution < 1.29 is 13.2 Å². The summed E-state index contributed by atoms with van der Waals surface area (Å²) in [5.41, 5.74) is 9.02. The molecule has 4 rings (SSSR count). The van der Waals surface area contributed by atoms with Crippen LogP contribution in [0.2, 0.25) is 0 Å². The van der Waals surface area contributed by atoms with Gasteiger partial charge in [-0.05, 0) is 41.8 Å². The third-order valence-electron chi connectivity index (χ3n) is 4.97. The van der Waals surface area contributed by atoms with Crippen LogP contribution in [0.1, 0.15) is 21.6 Å². The summed E-state index contributed by atoms with van der Waals surface area (Å²) in [5.74, 6) is -0.847. The van der Waals surface area contributed by atoms with E-state index < -0.39 is 15.9 Å². The van der Waals surface area contributed by atoms with Gasteiger partial charge in [0.2, 0.25) is 16.0 Å². The summed E-state index contributed by atoms with van der Waals surface area (Å²) < 4.78 is 24.1. The summed E-state index contributed by atoms with van der Waals surface area (Å²) in [4.78, 5) is 25.3. The molecule has 0 spiro atoms. The predicted octanol–water partition coefficient (Wildman–Crippen LogP) is 3.39. The number of hydrogen-bond donors (Lipinski definition) is 3. The maximum atomic E-state index is 12.2. The second kappa shape index (κ2) is 8.85. The van der Waals surface area contributed by atoms with Crippen molar-refractivity contribution in [3.8, 4) is 11.1 Å². The van der Waals surface area contributed by atoms with Crippen molar-refractivity contribution in [2.24, 2.45) is 10.9 Å². The number of hydrogen-bond acceptors (Lipinski definition) is 7. The molecule has 33 heavy (non-hydrogen) atoms. The highest BCUT2D eigenvalue weighted by Gasteiger charge is 2.18. The molecule has 9 nitrogen and oxygen atoms in total. The third kappa shape index (κ3) is 5.00. The zero-order valence-electron chi connectivity index (χ0n) is 17.4. The monoisotopic (exact) mass is 526 g/mol. The topological polar surface area (TPSA) is 154 Å². The Morgan fingerprint density at radius 2 is 1.85 bits per heavy atom. The summed E-state index contributed by atoms with van der Waals surface area (Å²) in [6, 6.07) is 14.4. The number of halogens is 1. The van der Waals surface area contributed by atoms with E-state index in [0.717, 1.165) is 15.6 Å². The summed E-state index contributed by atoms with van der Waals surface area (Å²) in [6.07, 6.45) is 1.57. The minimum atomic E-state index is -3.75. The van der Waals surface area contributed by atoms with Gasteiger partial charge in [0.1, 0.15) is 5.69 Å². The molecule has 0 fully saturated rings.